The summed E-state index contributed by atoms with van der Waals surface area (Å²) in [5, 5.41) is 11.4. The van der Waals surface area contributed by atoms with Gasteiger partial charge in [0.2, 0.25) is 0 Å². The number of hydrogen-bond donors (Lipinski definition) is 1. The quantitative estimate of drug-likeness (QED) is 0.258. The minimum Gasteiger partial charge on any atom is -0.507 e. The number of ketones is 1. The molecule has 32 heavy (non-hydrogen) atoms. The highest BCUT2D eigenvalue weighted by Crippen LogP contribution is 2.41. The van der Waals surface area contributed by atoms with E-state index in [1.165, 1.54) is 17.2 Å². The van der Waals surface area contributed by atoms with Crippen molar-refractivity contribution in [3.63, 3.8) is 0 Å². The molecule has 1 atom stereocenters. The summed E-state index contributed by atoms with van der Waals surface area (Å²) in [5.41, 5.74) is 0.970. The van der Waals surface area contributed by atoms with Gasteiger partial charge in [0.05, 0.1) is 36.1 Å². The monoisotopic (exact) mass is 515 g/mol. The first-order chi connectivity index (χ1) is 15.4. The number of ether oxygens (including phenoxy) is 1. The van der Waals surface area contributed by atoms with Crippen LogP contribution in [-0.2, 0) is 16.1 Å². The maximum atomic E-state index is 13.1. The number of halogens is 2. The number of aliphatic hydroxyl groups is 1. The van der Waals surface area contributed by atoms with E-state index >= 15 is 0 Å². The zero-order valence-electron chi connectivity index (χ0n) is 17.0. The number of carbonyl (C=O) groups excluding carboxylic acids is 2. The standard InChI is InChI=1S/C24H19BrClNO5/c1-2-31-19-9-8-15(12-18(19)26)22(28)20-21(14-5-3-6-16(25)11-14)27(24(30)23(20)29)13-17-7-4-10-32-17/h3-12,21,28H,2,13H2,1H3/b22-20+. The Morgan fingerprint density at radius 2 is 2.00 bits per heavy atom. The fourth-order valence-corrected chi connectivity index (χ4v) is 4.36. The second kappa shape index (κ2) is 9.22. The molecule has 1 N–H and O–H groups in total. The average molecular weight is 517 g/mol. The predicted octanol–water partition coefficient (Wildman–Crippen LogP) is 5.72. The molecular formula is C24H19BrClNO5. The van der Waals surface area contributed by atoms with Crippen LogP contribution in [0.1, 0.15) is 29.9 Å². The first-order valence-corrected chi connectivity index (χ1v) is 11.1. The maximum Gasteiger partial charge on any atom is 0.296 e. The van der Waals surface area contributed by atoms with Crippen molar-refractivity contribution in [3.05, 3.63) is 92.8 Å². The van der Waals surface area contributed by atoms with Gasteiger partial charge >= 0.3 is 0 Å². The summed E-state index contributed by atoms with van der Waals surface area (Å²) >= 11 is 9.72. The fraction of sp³-hybridized carbons (Fsp3) is 0.167. The number of nitrogens with zero attached hydrogens (tertiary/aromatic N) is 1. The summed E-state index contributed by atoms with van der Waals surface area (Å²) in [4.78, 5) is 27.5. The van der Waals surface area contributed by atoms with Gasteiger partial charge in [0.15, 0.2) is 0 Å². The van der Waals surface area contributed by atoms with Crippen molar-refractivity contribution in [2.45, 2.75) is 19.5 Å². The Morgan fingerprint density at radius 1 is 1.19 bits per heavy atom. The highest BCUT2D eigenvalue weighted by Gasteiger charge is 2.46. The number of amides is 1. The van der Waals surface area contributed by atoms with Crippen molar-refractivity contribution >= 4 is 45.0 Å². The average Bonchev–Trinajstić information content (AvgIpc) is 3.37. The minimum atomic E-state index is -0.803. The van der Waals surface area contributed by atoms with Crippen molar-refractivity contribution in [2.24, 2.45) is 0 Å². The lowest BCUT2D eigenvalue weighted by Gasteiger charge is -2.24. The number of furan rings is 1. The van der Waals surface area contributed by atoms with Gasteiger partial charge in [-0.05, 0) is 55.0 Å². The van der Waals surface area contributed by atoms with E-state index in [2.05, 4.69) is 15.9 Å². The molecule has 2 heterocycles. The Labute approximate surface area is 198 Å². The predicted molar refractivity (Wildman–Crippen MR) is 123 cm³/mol. The molecule has 0 radical (unpaired) electrons. The zero-order chi connectivity index (χ0) is 22.8. The summed E-state index contributed by atoms with van der Waals surface area (Å²) < 4.78 is 11.6. The molecule has 0 aliphatic carbocycles. The molecule has 0 saturated carbocycles. The van der Waals surface area contributed by atoms with Crippen molar-refractivity contribution in [2.75, 3.05) is 6.61 Å². The molecular weight excluding hydrogens is 498 g/mol. The van der Waals surface area contributed by atoms with Crippen LogP contribution in [0.5, 0.6) is 5.75 Å². The van der Waals surface area contributed by atoms with Crippen LogP contribution in [0.25, 0.3) is 5.76 Å². The van der Waals surface area contributed by atoms with Gasteiger partial charge in [-0.2, -0.15) is 0 Å². The molecule has 164 valence electrons. The Morgan fingerprint density at radius 3 is 2.66 bits per heavy atom. The van der Waals surface area contributed by atoms with Gasteiger partial charge < -0.3 is 19.2 Å². The third kappa shape index (κ3) is 4.18. The molecule has 0 spiro atoms. The molecule has 1 aromatic heterocycles. The van der Waals surface area contributed by atoms with E-state index in [0.717, 1.165) is 4.47 Å². The summed E-state index contributed by atoms with van der Waals surface area (Å²) in [6, 6.07) is 14.6. The largest absolute Gasteiger partial charge is 0.507 e. The molecule has 1 aliphatic rings. The number of aliphatic hydroxyl groups excluding tert-OH is 1. The Kier molecular flexibility index (Phi) is 6.39. The van der Waals surface area contributed by atoms with E-state index in [1.807, 2.05) is 19.1 Å². The maximum absolute atomic E-state index is 13.1. The highest BCUT2D eigenvalue weighted by molar-refractivity contribution is 9.10. The summed E-state index contributed by atoms with van der Waals surface area (Å²) in [5.74, 6) is -0.808. The lowest BCUT2D eigenvalue weighted by Crippen LogP contribution is -2.29. The van der Waals surface area contributed by atoms with Crippen LogP contribution < -0.4 is 4.74 Å². The fourth-order valence-electron chi connectivity index (χ4n) is 3.71. The zero-order valence-corrected chi connectivity index (χ0v) is 19.4. The van der Waals surface area contributed by atoms with Crippen LogP contribution >= 0.6 is 27.5 Å². The second-order valence-corrected chi connectivity index (χ2v) is 8.46. The summed E-state index contributed by atoms with van der Waals surface area (Å²) in [6.07, 6.45) is 1.50. The van der Waals surface area contributed by atoms with Gasteiger partial charge in [0.25, 0.3) is 11.7 Å². The summed E-state index contributed by atoms with van der Waals surface area (Å²) in [6.45, 7) is 2.35. The van der Waals surface area contributed by atoms with Crippen molar-refractivity contribution in [1.82, 2.24) is 4.90 Å². The van der Waals surface area contributed by atoms with E-state index in [0.29, 0.717) is 34.3 Å². The van der Waals surface area contributed by atoms with Crippen molar-refractivity contribution < 1.29 is 23.8 Å². The van der Waals surface area contributed by atoms with E-state index in [4.69, 9.17) is 20.8 Å². The van der Waals surface area contributed by atoms with Crippen LogP contribution in [0, 0.1) is 0 Å². The molecule has 4 rings (SSSR count). The van der Waals surface area contributed by atoms with Gasteiger partial charge in [-0.15, -0.1) is 0 Å². The SMILES string of the molecule is CCOc1ccc(/C(O)=C2\C(=O)C(=O)N(Cc3ccco3)C2c2cccc(Br)c2)cc1Cl. The van der Waals surface area contributed by atoms with Crippen LogP contribution in [0.4, 0.5) is 0 Å². The van der Waals surface area contributed by atoms with E-state index < -0.39 is 17.7 Å². The Balaban J connectivity index is 1.85. The molecule has 8 heteroatoms. The molecule has 2 aromatic carbocycles. The highest BCUT2D eigenvalue weighted by atomic mass is 79.9. The van der Waals surface area contributed by atoms with Gasteiger partial charge in [-0.25, -0.2) is 0 Å². The topological polar surface area (TPSA) is 80.0 Å². The third-order valence-electron chi connectivity index (χ3n) is 5.12. The normalized spacial score (nSPS) is 17.7. The Bertz CT molecular complexity index is 1200. The number of benzene rings is 2. The lowest BCUT2D eigenvalue weighted by atomic mass is 9.95. The Hall–Kier alpha value is -3.03. The van der Waals surface area contributed by atoms with Crippen LogP contribution in [0.2, 0.25) is 5.02 Å². The number of Topliss-reactive ketones (excluding diaryl/α,β-unsaturated/α-hetero) is 1. The number of hydrogen-bond acceptors (Lipinski definition) is 5. The smallest absolute Gasteiger partial charge is 0.296 e. The molecule has 6 nitrogen and oxygen atoms in total. The third-order valence-corrected chi connectivity index (χ3v) is 5.90. The number of rotatable bonds is 6. The van der Waals surface area contributed by atoms with Crippen LogP contribution in [0.15, 0.2) is 75.3 Å². The number of carbonyl (C=O) groups is 2. The molecule has 1 amide bonds. The molecule has 1 aliphatic heterocycles. The molecule has 1 unspecified atom stereocenters. The van der Waals surface area contributed by atoms with E-state index in [-0.39, 0.29) is 17.9 Å². The van der Waals surface area contributed by atoms with E-state index in [1.54, 1.807) is 36.4 Å². The van der Waals surface area contributed by atoms with Gasteiger partial charge in [0.1, 0.15) is 17.3 Å². The molecule has 3 aromatic rings. The van der Waals surface area contributed by atoms with Crippen LogP contribution in [-0.4, -0.2) is 28.3 Å². The minimum absolute atomic E-state index is 0.0140. The van der Waals surface area contributed by atoms with Gasteiger partial charge in [-0.1, -0.05) is 39.7 Å². The van der Waals surface area contributed by atoms with Gasteiger partial charge in [0, 0.05) is 10.0 Å². The molecule has 0 bridgehead atoms. The van der Waals surface area contributed by atoms with Crippen LogP contribution in [0.3, 0.4) is 0 Å². The molecule has 1 fully saturated rings. The first kappa shape index (κ1) is 22.2. The van der Waals surface area contributed by atoms with Crippen molar-refractivity contribution in [1.29, 1.82) is 0 Å². The van der Waals surface area contributed by atoms with Gasteiger partial charge in [-0.3, -0.25) is 9.59 Å². The lowest BCUT2D eigenvalue weighted by molar-refractivity contribution is -0.140. The van der Waals surface area contributed by atoms with E-state index in [9.17, 15) is 14.7 Å². The van der Waals surface area contributed by atoms with Crippen molar-refractivity contribution in [3.8, 4) is 5.75 Å². The number of likely N-dealkylation sites (tertiary alicyclic amines) is 1. The first-order valence-electron chi connectivity index (χ1n) is 9.89. The molecule has 1 saturated heterocycles. The summed E-state index contributed by atoms with van der Waals surface area (Å²) in [7, 11) is 0. The second-order valence-electron chi connectivity index (χ2n) is 7.14.